The zero-order chi connectivity index (χ0) is 27.3. The first-order chi connectivity index (χ1) is 18.7. The van der Waals surface area contributed by atoms with Crippen molar-refractivity contribution in [1.29, 1.82) is 0 Å². The third kappa shape index (κ3) is 4.63. The summed E-state index contributed by atoms with van der Waals surface area (Å²) in [6, 6.07) is 12.1. The first kappa shape index (κ1) is 25.1. The number of halogens is 3. The van der Waals surface area contributed by atoms with E-state index in [1.54, 1.807) is 36.4 Å². The van der Waals surface area contributed by atoms with Crippen molar-refractivity contribution in [1.82, 2.24) is 20.6 Å². The minimum absolute atomic E-state index is 0.00824. The molecule has 2 aliphatic rings. The SMILES string of the molecule is O=C(O)C1CC(N[C@@H]2COc3cc(-c4noc(-c5onc(-c6ccccc6)c5C(F)(F)F)n4)ccc3[C@@H]2O)C1. The van der Waals surface area contributed by atoms with Gasteiger partial charge < -0.3 is 29.3 Å². The number of carboxylic acids is 1. The molecule has 202 valence electrons. The fraction of sp³-hybridized carbons (Fsp3) is 0.308. The average molecular weight is 542 g/mol. The lowest BCUT2D eigenvalue weighted by Gasteiger charge is -2.39. The second kappa shape index (κ2) is 9.50. The highest BCUT2D eigenvalue weighted by Crippen LogP contribution is 2.43. The molecule has 0 unspecified atom stereocenters. The molecule has 0 amide bonds. The van der Waals surface area contributed by atoms with E-state index in [0.29, 0.717) is 29.7 Å². The number of fused-ring (bicyclic) bond motifs is 1. The minimum atomic E-state index is -4.80. The molecule has 1 fully saturated rings. The molecule has 1 aliphatic carbocycles. The Labute approximate surface area is 218 Å². The Kier molecular flexibility index (Phi) is 6.11. The van der Waals surface area contributed by atoms with E-state index in [1.807, 2.05) is 0 Å². The lowest BCUT2D eigenvalue weighted by Crippen LogP contribution is -2.53. The van der Waals surface area contributed by atoms with Crippen LogP contribution >= 0.6 is 0 Å². The molecule has 39 heavy (non-hydrogen) atoms. The van der Waals surface area contributed by atoms with E-state index in [4.69, 9.17) is 18.9 Å². The van der Waals surface area contributed by atoms with Crippen molar-refractivity contribution >= 4 is 5.97 Å². The van der Waals surface area contributed by atoms with E-state index in [-0.39, 0.29) is 30.0 Å². The van der Waals surface area contributed by atoms with Gasteiger partial charge in [-0.1, -0.05) is 52.8 Å². The Bertz CT molecular complexity index is 1510. The highest BCUT2D eigenvalue weighted by Gasteiger charge is 2.43. The number of carboxylic acid groups (broad SMARTS) is 1. The Hall–Kier alpha value is -4.23. The number of aliphatic hydroxyl groups is 1. The molecule has 13 heteroatoms. The van der Waals surface area contributed by atoms with Crippen LogP contribution in [-0.2, 0) is 11.0 Å². The smallest absolute Gasteiger partial charge is 0.422 e. The van der Waals surface area contributed by atoms with Gasteiger partial charge in [0, 0.05) is 22.7 Å². The number of carbonyl (C=O) groups is 1. The number of nitrogens with one attached hydrogen (secondary N) is 1. The van der Waals surface area contributed by atoms with Gasteiger partial charge in [0.2, 0.25) is 11.6 Å². The molecule has 2 aromatic heterocycles. The van der Waals surface area contributed by atoms with Crippen LogP contribution in [0.3, 0.4) is 0 Å². The van der Waals surface area contributed by atoms with Crippen LogP contribution in [0.1, 0.15) is 30.1 Å². The van der Waals surface area contributed by atoms with E-state index >= 15 is 0 Å². The molecule has 1 saturated carbocycles. The van der Waals surface area contributed by atoms with Crippen molar-refractivity contribution in [3.63, 3.8) is 0 Å². The Morgan fingerprint density at radius 3 is 2.51 bits per heavy atom. The normalized spacial score (nSPS) is 22.6. The Balaban J connectivity index is 1.23. The number of nitrogens with zero attached hydrogens (tertiary/aromatic N) is 3. The van der Waals surface area contributed by atoms with Gasteiger partial charge in [-0.05, 0) is 18.9 Å². The monoisotopic (exact) mass is 542 g/mol. The quantitative estimate of drug-likeness (QED) is 0.322. The number of benzene rings is 2. The second-order valence-electron chi connectivity index (χ2n) is 9.51. The summed E-state index contributed by atoms with van der Waals surface area (Å²) in [5.41, 5.74) is -0.403. The van der Waals surface area contributed by atoms with Crippen LogP contribution < -0.4 is 10.1 Å². The number of alkyl halides is 3. The first-order valence-electron chi connectivity index (χ1n) is 12.1. The predicted molar refractivity (Wildman–Crippen MR) is 127 cm³/mol. The summed E-state index contributed by atoms with van der Waals surface area (Å²) in [6.45, 7) is 0.138. The molecule has 0 radical (unpaired) electrons. The van der Waals surface area contributed by atoms with Crippen LogP contribution in [0.5, 0.6) is 5.75 Å². The number of hydrogen-bond donors (Lipinski definition) is 3. The van der Waals surface area contributed by atoms with E-state index in [9.17, 15) is 23.1 Å². The fourth-order valence-electron chi connectivity index (χ4n) is 4.85. The van der Waals surface area contributed by atoms with Crippen LogP contribution in [0, 0.1) is 5.92 Å². The van der Waals surface area contributed by atoms with Crippen LogP contribution in [0.2, 0.25) is 0 Å². The zero-order valence-corrected chi connectivity index (χ0v) is 20.1. The molecule has 10 nitrogen and oxygen atoms in total. The largest absolute Gasteiger partial charge is 0.491 e. The molecular formula is C26H21F3N4O6. The molecule has 0 saturated heterocycles. The maximum Gasteiger partial charge on any atom is 0.422 e. The molecule has 4 aromatic rings. The standard InChI is InChI=1S/C26H21F3N4O6/c27-26(28,29)19-20(12-4-2-1-3-5-12)32-38-22(19)24-31-23(33-39-24)13-6-7-16-18(10-13)37-11-17(21(16)34)30-15-8-14(9-15)25(35)36/h1-7,10,14-15,17,21,30,34H,8-9,11H2,(H,35,36)/t14?,15?,17-,21+/m1/s1. The third-order valence-electron chi connectivity index (χ3n) is 6.97. The number of aliphatic carboxylic acids is 1. The average Bonchev–Trinajstić information content (AvgIpc) is 3.55. The summed E-state index contributed by atoms with van der Waals surface area (Å²) in [5.74, 6) is -2.04. The van der Waals surface area contributed by atoms with E-state index < -0.39 is 47.2 Å². The molecule has 1 aliphatic heterocycles. The predicted octanol–water partition coefficient (Wildman–Crippen LogP) is 4.32. The van der Waals surface area contributed by atoms with Gasteiger partial charge in [-0.2, -0.15) is 18.2 Å². The van der Waals surface area contributed by atoms with Crippen molar-refractivity contribution in [2.75, 3.05) is 6.61 Å². The molecule has 3 N–H and O–H groups in total. The summed E-state index contributed by atoms with van der Waals surface area (Å²) < 4.78 is 58.0. The summed E-state index contributed by atoms with van der Waals surface area (Å²) in [6.07, 6.45) is -4.74. The van der Waals surface area contributed by atoms with Gasteiger partial charge in [0.15, 0.2) is 0 Å². The summed E-state index contributed by atoms with van der Waals surface area (Å²) in [5, 5.41) is 30.6. The summed E-state index contributed by atoms with van der Waals surface area (Å²) in [7, 11) is 0. The van der Waals surface area contributed by atoms with Gasteiger partial charge in [-0.3, -0.25) is 4.79 Å². The van der Waals surface area contributed by atoms with Crippen molar-refractivity contribution in [2.45, 2.75) is 37.2 Å². The van der Waals surface area contributed by atoms with Crippen molar-refractivity contribution in [3.05, 3.63) is 59.7 Å². The fourth-order valence-corrected chi connectivity index (χ4v) is 4.85. The number of ether oxygens (including phenoxy) is 1. The third-order valence-corrected chi connectivity index (χ3v) is 6.97. The highest BCUT2D eigenvalue weighted by molar-refractivity contribution is 5.72. The second-order valence-corrected chi connectivity index (χ2v) is 9.51. The molecule has 0 bridgehead atoms. The van der Waals surface area contributed by atoms with Gasteiger partial charge in [0.1, 0.15) is 29.7 Å². The Morgan fingerprint density at radius 1 is 1.03 bits per heavy atom. The van der Waals surface area contributed by atoms with Crippen LogP contribution in [0.25, 0.3) is 34.3 Å². The number of hydrogen-bond acceptors (Lipinski definition) is 9. The van der Waals surface area contributed by atoms with E-state index in [2.05, 4.69) is 20.6 Å². The van der Waals surface area contributed by atoms with Gasteiger partial charge in [-0.25, -0.2) is 0 Å². The number of aromatic nitrogens is 3. The summed E-state index contributed by atoms with van der Waals surface area (Å²) in [4.78, 5) is 15.1. The topological polar surface area (TPSA) is 144 Å². The van der Waals surface area contributed by atoms with Gasteiger partial charge >= 0.3 is 12.1 Å². The maximum absolute atomic E-state index is 14.0. The zero-order valence-electron chi connectivity index (χ0n) is 20.1. The van der Waals surface area contributed by atoms with Gasteiger partial charge in [-0.15, -0.1) is 0 Å². The molecular weight excluding hydrogens is 521 g/mol. The van der Waals surface area contributed by atoms with Gasteiger partial charge in [0.05, 0.1) is 12.0 Å². The molecule has 6 rings (SSSR count). The molecule has 0 spiro atoms. The van der Waals surface area contributed by atoms with Crippen molar-refractivity contribution in [2.24, 2.45) is 5.92 Å². The van der Waals surface area contributed by atoms with Gasteiger partial charge in [0.25, 0.3) is 5.89 Å². The van der Waals surface area contributed by atoms with Crippen LogP contribution in [0.15, 0.2) is 57.6 Å². The minimum Gasteiger partial charge on any atom is -0.491 e. The van der Waals surface area contributed by atoms with Crippen LogP contribution in [-0.4, -0.2) is 50.2 Å². The maximum atomic E-state index is 14.0. The molecule has 2 aromatic carbocycles. The first-order valence-corrected chi connectivity index (χ1v) is 12.1. The lowest BCUT2D eigenvalue weighted by atomic mass is 9.79. The Morgan fingerprint density at radius 2 is 1.79 bits per heavy atom. The number of aliphatic hydroxyl groups excluding tert-OH is 1. The van der Waals surface area contributed by atoms with Crippen molar-refractivity contribution in [3.8, 4) is 40.0 Å². The highest BCUT2D eigenvalue weighted by atomic mass is 19.4. The lowest BCUT2D eigenvalue weighted by molar-refractivity contribution is -0.145. The van der Waals surface area contributed by atoms with E-state index in [1.165, 1.54) is 12.1 Å². The summed E-state index contributed by atoms with van der Waals surface area (Å²) >= 11 is 0. The van der Waals surface area contributed by atoms with Crippen LogP contribution in [0.4, 0.5) is 13.2 Å². The number of rotatable bonds is 6. The van der Waals surface area contributed by atoms with E-state index in [0.717, 1.165) is 0 Å². The van der Waals surface area contributed by atoms with Crippen molar-refractivity contribution < 1.29 is 42.0 Å². The molecule has 2 atom stereocenters. The molecule has 3 heterocycles.